The normalized spacial score (nSPS) is 10.5. The zero-order valence-corrected chi connectivity index (χ0v) is 10.6. The van der Waals surface area contributed by atoms with E-state index in [4.69, 9.17) is 5.73 Å². The number of anilines is 1. The van der Waals surface area contributed by atoms with Gasteiger partial charge in [-0.25, -0.2) is 4.98 Å². The molecular weight excluding hydrogens is 236 g/mol. The molecule has 0 aliphatic rings. The van der Waals surface area contributed by atoms with E-state index in [1.165, 1.54) is 5.56 Å². The van der Waals surface area contributed by atoms with Crippen molar-refractivity contribution in [3.63, 3.8) is 0 Å². The number of nitrogens with two attached hydrogens (primary N) is 1. The number of hydrogen-bond acceptors (Lipinski definition) is 4. The molecule has 2 rings (SSSR count). The van der Waals surface area contributed by atoms with Gasteiger partial charge in [-0.1, -0.05) is 23.9 Å². The first kappa shape index (κ1) is 11.5. The van der Waals surface area contributed by atoms with Gasteiger partial charge in [0.1, 0.15) is 4.34 Å². The maximum Gasteiger partial charge on any atom is 0.149 e. The molecular formula is C12H14N2S2. The summed E-state index contributed by atoms with van der Waals surface area (Å²) in [6.07, 6.45) is 4.10. The number of thioether (sulfide) groups is 1. The average molecular weight is 250 g/mol. The second kappa shape index (κ2) is 5.92. The van der Waals surface area contributed by atoms with Crippen LogP contribution in [0.1, 0.15) is 12.0 Å². The predicted molar refractivity (Wildman–Crippen MR) is 72.0 cm³/mol. The maximum atomic E-state index is 5.73. The van der Waals surface area contributed by atoms with E-state index in [9.17, 15) is 0 Å². The number of nitrogen functional groups attached to an aromatic ring is 1. The van der Waals surface area contributed by atoms with Crippen LogP contribution in [-0.4, -0.2) is 10.7 Å². The van der Waals surface area contributed by atoms with E-state index < -0.39 is 0 Å². The zero-order chi connectivity index (χ0) is 11.2. The molecule has 0 unspecified atom stereocenters. The van der Waals surface area contributed by atoms with Crippen LogP contribution >= 0.6 is 23.1 Å². The molecule has 0 bridgehead atoms. The van der Waals surface area contributed by atoms with Crippen molar-refractivity contribution in [3.05, 3.63) is 41.4 Å². The van der Waals surface area contributed by atoms with Gasteiger partial charge in [-0.15, -0.1) is 11.3 Å². The fourth-order valence-corrected chi connectivity index (χ4v) is 3.11. The van der Waals surface area contributed by atoms with Gasteiger partial charge in [-0.2, -0.15) is 0 Å². The second-order valence-corrected chi connectivity index (χ2v) is 5.73. The standard InChI is InChI=1S/C12H14N2S2/c13-11-5-1-3-10(9-11)4-2-7-15-12-14-6-8-16-12/h1,3,5-6,8-9H,2,4,7,13H2. The number of benzene rings is 1. The molecule has 1 aromatic carbocycles. The number of rotatable bonds is 5. The molecule has 0 atom stereocenters. The van der Waals surface area contributed by atoms with Gasteiger partial charge in [-0.3, -0.25) is 0 Å². The first-order valence-electron chi connectivity index (χ1n) is 5.21. The Morgan fingerprint density at radius 3 is 3.06 bits per heavy atom. The number of aryl methyl sites for hydroxylation is 1. The summed E-state index contributed by atoms with van der Waals surface area (Å²) in [5, 5.41) is 2.01. The monoisotopic (exact) mass is 250 g/mol. The molecule has 2 nitrogen and oxygen atoms in total. The lowest BCUT2D eigenvalue weighted by Gasteiger charge is -2.01. The van der Waals surface area contributed by atoms with Crippen LogP contribution in [-0.2, 0) is 6.42 Å². The van der Waals surface area contributed by atoms with E-state index in [1.54, 1.807) is 11.3 Å². The van der Waals surface area contributed by atoms with Gasteiger partial charge in [0.15, 0.2) is 0 Å². The molecule has 0 saturated carbocycles. The first-order chi connectivity index (χ1) is 7.84. The minimum atomic E-state index is 0.852. The van der Waals surface area contributed by atoms with Crippen LogP contribution in [0.25, 0.3) is 0 Å². The topological polar surface area (TPSA) is 38.9 Å². The minimum Gasteiger partial charge on any atom is -0.399 e. The quantitative estimate of drug-likeness (QED) is 0.502. The maximum absolute atomic E-state index is 5.73. The van der Waals surface area contributed by atoms with Crippen molar-refractivity contribution in [1.82, 2.24) is 4.98 Å². The summed E-state index contributed by atoms with van der Waals surface area (Å²) < 4.78 is 1.16. The van der Waals surface area contributed by atoms with Crippen molar-refractivity contribution < 1.29 is 0 Å². The summed E-state index contributed by atoms with van der Waals surface area (Å²) in [6.45, 7) is 0. The van der Waals surface area contributed by atoms with Crippen LogP contribution in [0.5, 0.6) is 0 Å². The molecule has 16 heavy (non-hydrogen) atoms. The molecule has 84 valence electrons. The van der Waals surface area contributed by atoms with E-state index in [0.29, 0.717) is 0 Å². The molecule has 4 heteroatoms. The molecule has 0 saturated heterocycles. The van der Waals surface area contributed by atoms with Crippen molar-refractivity contribution in [2.24, 2.45) is 0 Å². The lowest BCUT2D eigenvalue weighted by atomic mass is 10.1. The fraction of sp³-hybridized carbons (Fsp3) is 0.250. The lowest BCUT2D eigenvalue weighted by Crippen LogP contribution is -1.90. The van der Waals surface area contributed by atoms with Crippen molar-refractivity contribution >= 4 is 28.8 Å². The highest BCUT2D eigenvalue weighted by Crippen LogP contribution is 2.21. The van der Waals surface area contributed by atoms with E-state index in [1.807, 2.05) is 41.5 Å². The molecule has 0 aliphatic heterocycles. The number of thiazole rings is 1. The highest BCUT2D eigenvalue weighted by Gasteiger charge is 1.97. The van der Waals surface area contributed by atoms with E-state index in [2.05, 4.69) is 11.1 Å². The Labute approximate surface area is 104 Å². The molecule has 1 aromatic heterocycles. The zero-order valence-electron chi connectivity index (χ0n) is 8.93. The third-order valence-electron chi connectivity index (χ3n) is 2.20. The Hall–Kier alpha value is -1.00. The van der Waals surface area contributed by atoms with Gasteiger partial charge >= 0.3 is 0 Å². The number of nitrogens with zero attached hydrogens (tertiary/aromatic N) is 1. The average Bonchev–Trinajstić information content (AvgIpc) is 2.77. The third-order valence-corrected chi connectivity index (χ3v) is 4.25. The highest BCUT2D eigenvalue weighted by atomic mass is 32.2. The molecule has 2 aromatic rings. The third kappa shape index (κ3) is 3.54. The van der Waals surface area contributed by atoms with Gasteiger partial charge in [-0.05, 0) is 30.5 Å². The molecule has 1 heterocycles. The van der Waals surface area contributed by atoms with Crippen molar-refractivity contribution in [1.29, 1.82) is 0 Å². The van der Waals surface area contributed by atoms with Crippen LogP contribution in [0.4, 0.5) is 5.69 Å². The van der Waals surface area contributed by atoms with Gasteiger partial charge in [0.05, 0.1) is 0 Å². The molecule has 0 fully saturated rings. The highest BCUT2D eigenvalue weighted by molar-refractivity contribution is 8.00. The molecule has 2 N–H and O–H groups in total. The van der Waals surface area contributed by atoms with Gasteiger partial charge < -0.3 is 5.73 Å². The summed E-state index contributed by atoms with van der Waals surface area (Å²) in [6, 6.07) is 8.12. The summed E-state index contributed by atoms with van der Waals surface area (Å²) in [5.41, 5.74) is 7.90. The van der Waals surface area contributed by atoms with E-state index in [-0.39, 0.29) is 0 Å². The lowest BCUT2D eigenvalue weighted by molar-refractivity contribution is 0.933. The molecule has 0 aliphatic carbocycles. The number of hydrogen-bond donors (Lipinski definition) is 1. The first-order valence-corrected chi connectivity index (χ1v) is 7.08. The minimum absolute atomic E-state index is 0.852. The Morgan fingerprint density at radius 2 is 2.31 bits per heavy atom. The second-order valence-electron chi connectivity index (χ2n) is 3.50. The molecule has 0 radical (unpaired) electrons. The van der Waals surface area contributed by atoms with Crippen molar-refractivity contribution in [2.45, 2.75) is 17.2 Å². The summed E-state index contributed by atoms with van der Waals surface area (Å²) in [5.74, 6) is 1.11. The largest absolute Gasteiger partial charge is 0.399 e. The van der Waals surface area contributed by atoms with Crippen LogP contribution in [0.3, 0.4) is 0 Å². The fourth-order valence-electron chi connectivity index (χ4n) is 1.47. The summed E-state index contributed by atoms with van der Waals surface area (Å²) in [4.78, 5) is 4.24. The molecule has 0 amide bonds. The van der Waals surface area contributed by atoms with Crippen molar-refractivity contribution in [2.75, 3.05) is 11.5 Å². The Kier molecular flexibility index (Phi) is 4.25. The van der Waals surface area contributed by atoms with E-state index >= 15 is 0 Å². The Morgan fingerprint density at radius 1 is 1.38 bits per heavy atom. The summed E-state index contributed by atoms with van der Waals surface area (Å²) in [7, 11) is 0. The van der Waals surface area contributed by atoms with E-state index in [0.717, 1.165) is 28.6 Å². The Bertz CT molecular complexity index is 426. The van der Waals surface area contributed by atoms with Gasteiger partial charge in [0.25, 0.3) is 0 Å². The molecule has 0 spiro atoms. The Balaban J connectivity index is 1.72. The number of aromatic nitrogens is 1. The van der Waals surface area contributed by atoms with Gasteiger partial charge in [0, 0.05) is 23.0 Å². The summed E-state index contributed by atoms with van der Waals surface area (Å²) >= 11 is 3.53. The van der Waals surface area contributed by atoms with Crippen LogP contribution in [0, 0.1) is 0 Å². The SMILES string of the molecule is Nc1cccc(CCCSc2nccs2)c1. The van der Waals surface area contributed by atoms with Crippen LogP contribution in [0.15, 0.2) is 40.2 Å². The smallest absolute Gasteiger partial charge is 0.149 e. The van der Waals surface area contributed by atoms with Crippen molar-refractivity contribution in [3.8, 4) is 0 Å². The van der Waals surface area contributed by atoms with Crippen LogP contribution in [0.2, 0.25) is 0 Å². The predicted octanol–water partition coefficient (Wildman–Crippen LogP) is 3.45. The van der Waals surface area contributed by atoms with Crippen LogP contribution < -0.4 is 5.73 Å². The van der Waals surface area contributed by atoms with Gasteiger partial charge in [0.2, 0.25) is 0 Å².